The van der Waals surface area contributed by atoms with Crippen LogP contribution in [-0.4, -0.2) is 22.9 Å². The second kappa shape index (κ2) is 6.69. The average molecular weight is 397 g/mol. The highest BCUT2D eigenvalue weighted by Crippen LogP contribution is 2.46. The molecule has 0 N–H and O–H groups in total. The van der Waals surface area contributed by atoms with Crippen LogP contribution in [0.15, 0.2) is 61.2 Å². The summed E-state index contributed by atoms with van der Waals surface area (Å²) in [6, 6.07) is 10.5. The van der Waals surface area contributed by atoms with E-state index in [2.05, 4.69) is 9.97 Å². The highest BCUT2D eigenvalue weighted by atomic mass is 19.4. The first kappa shape index (κ1) is 19.1. The molecule has 0 bridgehead atoms. The molecular formula is C22H18F3N3O. The molecule has 1 amide bonds. The molecule has 4 nitrogen and oxygen atoms in total. The SMILES string of the molecule is CN1C(=O)C(C)(Cc2cncnc2)c2cc(-c3ccccc3C(F)(F)F)ccc21. The summed E-state index contributed by atoms with van der Waals surface area (Å²) in [5.41, 5.74) is 1.08. The molecule has 0 saturated carbocycles. The summed E-state index contributed by atoms with van der Waals surface area (Å²) in [6.07, 6.45) is 0.592. The van der Waals surface area contributed by atoms with Gasteiger partial charge in [-0.05, 0) is 53.8 Å². The Hall–Kier alpha value is -3.22. The van der Waals surface area contributed by atoms with Crippen LogP contribution in [0.4, 0.5) is 18.9 Å². The van der Waals surface area contributed by atoms with E-state index >= 15 is 0 Å². The van der Waals surface area contributed by atoms with Crippen LogP contribution in [0.3, 0.4) is 0 Å². The van der Waals surface area contributed by atoms with E-state index in [0.717, 1.165) is 11.6 Å². The Balaban J connectivity index is 1.85. The third-order valence-corrected chi connectivity index (χ3v) is 5.44. The van der Waals surface area contributed by atoms with Crippen LogP contribution >= 0.6 is 0 Å². The molecule has 0 aliphatic carbocycles. The van der Waals surface area contributed by atoms with Crippen LogP contribution < -0.4 is 4.90 Å². The third-order valence-electron chi connectivity index (χ3n) is 5.44. The predicted octanol–water partition coefficient (Wildman–Crippen LogP) is 4.64. The largest absolute Gasteiger partial charge is 0.417 e. The smallest absolute Gasteiger partial charge is 0.314 e. The summed E-state index contributed by atoms with van der Waals surface area (Å²) < 4.78 is 40.5. The lowest BCUT2D eigenvalue weighted by molar-refractivity contribution is -0.137. The zero-order valence-electron chi connectivity index (χ0n) is 15.9. The first-order valence-electron chi connectivity index (χ1n) is 9.05. The molecule has 0 fully saturated rings. The van der Waals surface area contributed by atoms with Gasteiger partial charge in [0.05, 0.1) is 11.0 Å². The molecule has 1 atom stereocenters. The number of carbonyl (C=O) groups excluding carboxylic acids is 1. The second-order valence-electron chi connectivity index (χ2n) is 7.40. The van der Waals surface area contributed by atoms with E-state index in [0.29, 0.717) is 23.2 Å². The van der Waals surface area contributed by atoms with Gasteiger partial charge in [0.1, 0.15) is 6.33 Å². The Labute approximate surface area is 166 Å². The minimum Gasteiger partial charge on any atom is -0.314 e. The molecule has 0 saturated heterocycles. The number of hydrogen-bond acceptors (Lipinski definition) is 3. The molecule has 1 aliphatic rings. The Morgan fingerprint density at radius 1 is 1.07 bits per heavy atom. The summed E-state index contributed by atoms with van der Waals surface area (Å²) in [5.74, 6) is -0.113. The van der Waals surface area contributed by atoms with Gasteiger partial charge >= 0.3 is 6.18 Å². The van der Waals surface area contributed by atoms with Crippen molar-refractivity contribution in [2.45, 2.75) is 24.9 Å². The number of alkyl halides is 3. The van der Waals surface area contributed by atoms with Gasteiger partial charge in [-0.2, -0.15) is 13.2 Å². The lowest BCUT2D eigenvalue weighted by Gasteiger charge is -2.23. The highest BCUT2D eigenvalue weighted by Gasteiger charge is 2.46. The molecule has 4 rings (SSSR count). The van der Waals surface area contributed by atoms with Crippen molar-refractivity contribution >= 4 is 11.6 Å². The fourth-order valence-corrected chi connectivity index (χ4v) is 4.02. The monoisotopic (exact) mass is 397 g/mol. The van der Waals surface area contributed by atoms with E-state index in [-0.39, 0.29) is 11.5 Å². The van der Waals surface area contributed by atoms with Crippen LogP contribution in [0.25, 0.3) is 11.1 Å². The normalized spacial score (nSPS) is 18.8. The molecule has 1 unspecified atom stereocenters. The molecule has 2 aromatic carbocycles. The van der Waals surface area contributed by atoms with Crippen LogP contribution in [0.2, 0.25) is 0 Å². The number of fused-ring (bicyclic) bond motifs is 1. The van der Waals surface area contributed by atoms with E-state index in [4.69, 9.17) is 0 Å². The number of halogens is 3. The number of likely N-dealkylation sites (N-methyl/N-ethyl adjacent to an activating group) is 1. The van der Waals surface area contributed by atoms with E-state index in [1.54, 1.807) is 48.6 Å². The van der Waals surface area contributed by atoms with Crippen molar-refractivity contribution in [3.63, 3.8) is 0 Å². The maximum Gasteiger partial charge on any atom is 0.417 e. The Morgan fingerprint density at radius 3 is 2.45 bits per heavy atom. The van der Waals surface area contributed by atoms with Gasteiger partial charge in [-0.15, -0.1) is 0 Å². The Morgan fingerprint density at radius 2 is 1.76 bits per heavy atom. The van der Waals surface area contributed by atoms with Crippen molar-refractivity contribution < 1.29 is 18.0 Å². The minimum absolute atomic E-state index is 0.0928. The fourth-order valence-electron chi connectivity index (χ4n) is 4.02. The minimum atomic E-state index is -4.47. The number of hydrogen-bond donors (Lipinski definition) is 0. The molecule has 0 radical (unpaired) electrons. The lowest BCUT2D eigenvalue weighted by Crippen LogP contribution is -2.37. The summed E-state index contributed by atoms with van der Waals surface area (Å²) in [5, 5.41) is 0. The van der Waals surface area contributed by atoms with Crippen LogP contribution in [0, 0.1) is 0 Å². The number of rotatable bonds is 3. The van der Waals surface area contributed by atoms with Crippen molar-refractivity contribution in [1.29, 1.82) is 0 Å². The van der Waals surface area contributed by atoms with Crippen LogP contribution in [-0.2, 0) is 22.8 Å². The summed E-state index contributed by atoms with van der Waals surface area (Å²) in [6.45, 7) is 1.81. The molecule has 0 spiro atoms. The predicted molar refractivity (Wildman–Crippen MR) is 103 cm³/mol. The van der Waals surface area contributed by atoms with E-state index < -0.39 is 17.2 Å². The lowest BCUT2D eigenvalue weighted by atomic mass is 9.78. The number of anilines is 1. The molecule has 1 aromatic heterocycles. The zero-order valence-corrected chi connectivity index (χ0v) is 15.9. The summed E-state index contributed by atoms with van der Waals surface area (Å²) in [7, 11) is 1.68. The van der Waals surface area contributed by atoms with Gasteiger partial charge in [-0.3, -0.25) is 4.79 Å². The topological polar surface area (TPSA) is 46.1 Å². The van der Waals surface area contributed by atoms with E-state index in [1.807, 2.05) is 6.92 Å². The van der Waals surface area contributed by atoms with Gasteiger partial charge in [0.15, 0.2) is 0 Å². The van der Waals surface area contributed by atoms with Crippen molar-refractivity contribution in [3.05, 3.63) is 77.9 Å². The standard InChI is InChI=1S/C22H18F3N3O/c1-21(10-14-11-26-13-27-12-14)18-9-15(7-8-19(18)28(2)20(21)29)16-5-3-4-6-17(16)22(23,24)25/h3-9,11-13H,10H2,1-2H3. The first-order chi connectivity index (χ1) is 13.7. The maximum atomic E-state index is 13.5. The van der Waals surface area contributed by atoms with E-state index in [9.17, 15) is 18.0 Å². The van der Waals surface area contributed by atoms with Crippen molar-refractivity contribution in [3.8, 4) is 11.1 Å². The average Bonchev–Trinajstić information content (AvgIpc) is 2.89. The van der Waals surface area contributed by atoms with E-state index in [1.165, 1.54) is 18.5 Å². The quantitative estimate of drug-likeness (QED) is 0.647. The molecule has 1 aliphatic heterocycles. The van der Waals surface area contributed by atoms with Crippen molar-refractivity contribution in [2.75, 3.05) is 11.9 Å². The van der Waals surface area contributed by atoms with Crippen LogP contribution in [0.1, 0.15) is 23.6 Å². The van der Waals surface area contributed by atoms with Gasteiger partial charge in [0, 0.05) is 25.1 Å². The Kier molecular flexibility index (Phi) is 4.41. The number of amides is 1. The van der Waals surface area contributed by atoms with Crippen molar-refractivity contribution in [2.24, 2.45) is 0 Å². The van der Waals surface area contributed by atoms with Gasteiger partial charge in [-0.1, -0.05) is 24.3 Å². The fraction of sp³-hybridized carbons (Fsp3) is 0.227. The molecule has 148 valence electrons. The van der Waals surface area contributed by atoms with Crippen molar-refractivity contribution in [1.82, 2.24) is 9.97 Å². The number of aromatic nitrogens is 2. The molecular weight excluding hydrogens is 379 g/mol. The van der Waals surface area contributed by atoms with Gasteiger partial charge in [-0.25, -0.2) is 9.97 Å². The molecule has 7 heteroatoms. The zero-order chi connectivity index (χ0) is 20.8. The molecule has 3 aromatic rings. The van der Waals surface area contributed by atoms with Crippen LogP contribution in [0.5, 0.6) is 0 Å². The van der Waals surface area contributed by atoms with Gasteiger partial charge in [0.2, 0.25) is 5.91 Å². The third kappa shape index (κ3) is 3.16. The Bertz CT molecular complexity index is 1080. The number of nitrogens with zero attached hydrogens (tertiary/aromatic N) is 3. The number of benzene rings is 2. The van der Waals surface area contributed by atoms with Gasteiger partial charge < -0.3 is 4.90 Å². The highest BCUT2D eigenvalue weighted by molar-refractivity contribution is 6.08. The molecule has 29 heavy (non-hydrogen) atoms. The second-order valence-corrected chi connectivity index (χ2v) is 7.40. The maximum absolute atomic E-state index is 13.5. The first-order valence-corrected chi connectivity index (χ1v) is 9.05. The number of carbonyl (C=O) groups is 1. The van der Waals surface area contributed by atoms with Gasteiger partial charge in [0.25, 0.3) is 0 Å². The summed E-state index contributed by atoms with van der Waals surface area (Å²) >= 11 is 0. The molecule has 2 heterocycles. The summed E-state index contributed by atoms with van der Waals surface area (Å²) in [4.78, 5) is 22.6.